The van der Waals surface area contributed by atoms with Gasteiger partial charge in [-0.15, -0.1) is 0 Å². The molecule has 1 spiro atoms. The van der Waals surface area contributed by atoms with Gasteiger partial charge in [0.05, 0.1) is 12.0 Å². The number of ketones is 1. The molecule has 0 unspecified atom stereocenters. The number of benzene rings is 2. The average molecular weight is 377 g/mol. The SMILES string of the molecule is Cc1ccc(C(=O)N2CCC3(CC2)CC(=O)c2ccc(C)c(C)c2O3)cc1C. The van der Waals surface area contributed by atoms with E-state index in [0.717, 1.165) is 28.0 Å². The van der Waals surface area contributed by atoms with E-state index >= 15 is 0 Å². The highest BCUT2D eigenvalue weighted by molar-refractivity contribution is 6.01. The van der Waals surface area contributed by atoms with Gasteiger partial charge in [0.2, 0.25) is 0 Å². The maximum atomic E-state index is 12.9. The van der Waals surface area contributed by atoms with Crippen LogP contribution in [0, 0.1) is 27.7 Å². The molecule has 0 bridgehead atoms. The molecule has 1 saturated heterocycles. The Balaban J connectivity index is 1.52. The lowest BCUT2D eigenvalue weighted by molar-refractivity contribution is -0.00620. The first-order valence-corrected chi connectivity index (χ1v) is 9.99. The molecule has 1 fully saturated rings. The summed E-state index contributed by atoms with van der Waals surface area (Å²) in [6.45, 7) is 9.35. The molecular weight excluding hydrogens is 350 g/mol. The van der Waals surface area contributed by atoms with E-state index in [1.807, 2.05) is 62.9 Å². The van der Waals surface area contributed by atoms with Gasteiger partial charge in [-0.25, -0.2) is 0 Å². The fourth-order valence-corrected chi connectivity index (χ4v) is 4.23. The van der Waals surface area contributed by atoms with E-state index in [9.17, 15) is 9.59 Å². The zero-order chi connectivity index (χ0) is 20.1. The number of rotatable bonds is 1. The Morgan fingerprint density at radius 3 is 2.32 bits per heavy atom. The van der Waals surface area contributed by atoms with Crippen LogP contribution in [0.5, 0.6) is 5.75 Å². The minimum absolute atomic E-state index is 0.0625. The van der Waals surface area contributed by atoms with E-state index in [0.29, 0.717) is 37.9 Å². The van der Waals surface area contributed by atoms with Crippen LogP contribution in [0.25, 0.3) is 0 Å². The molecule has 146 valence electrons. The second-order valence-corrected chi connectivity index (χ2v) is 8.36. The maximum absolute atomic E-state index is 12.9. The summed E-state index contributed by atoms with van der Waals surface area (Å²) in [6, 6.07) is 9.73. The topological polar surface area (TPSA) is 46.6 Å². The third kappa shape index (κ3) is 3.11. The molecule has 2 aromatic carbocycles. The standard InChI is InChI=1S/C24H27NO3/c1-15-5-7-19(13-17(15)3)23(27)25-11-9-24(10-12-25)14-21(26)20-8-6-16(2)18(4)22(20)28-24/h5-8,13H,9-12,14H2,1-4H3. The minimum atomic E-state index is -0.484. The van der Waals surface area contributed by atoms with Gasteiger partial charge in [0.25, 0.3) is 5.91 Å². The summed E-state index contributed by atoms with van der Waals surface area (Å²) >= 11 is 0. The van der Waals surface area contributed by atoms with Gasteiger partial charge in [-0.1, -0.05) is 12.1 Å². The first-order chi connectivity index (χ1) is 13.3. The van der Waals surface area contributed by atoms with E-state index in [4.69, 9.17) is 4.74 Å². The predicted octanol–water partition coefficient (Wildman–Crippen LogP) is 4.56. The number of ether oxygens (including phenoxy) is 1. The van der Waals surface area contributed by atoms with Crippen LogP contribution < -0.4 is 4.74 Å². The lowest BCUT2D eigenvalue weighted by Crippen LogP contribution is -2.52. The average Bonchev–Trinajstić information content (AvgIpc) is 2.67. The smallest absolute Gasteiger partial charge is 0.253 e. The fourth-order valence-electron chi connectivity index (χ4n) is 4.23. The van der Waals surface area contributed by atoms with E-state index in [1.54, 1.807) is 0 Å². The van der Waals surface area contributed by atoms with Crippen molar-refractivity contribution in [1.82, 2.24) is 4.90 Å². The normalized spacial score (nSPS) is 18.0. The Morgan fingerprint density at radius 2 is 1.64 bits per heavy atom. The minimum Gasteiger partial charge on any atom is -0.486 e. The van der Waals surface area contributed by atoms with Crippen LogP contribution in [-0.2, 0) is 0 Å². The summed E-state index contributed by atoms with van der Waals surface area (Å²) < 4.78 is 6.45. The molecule has 0 radical (unpaired) electrons. The largest absolute Gasteiger partial charge is 0.486 e. The number of nitrogens with zero attached hydrogens (tertiary/aromatic N) is 1. The molecular formula is C24H27NO3. The predicted molar refractivity (Wildman–Crippen MR) is 109 cm³/mol. The monoisotopic (exact) mass is 377 g/mol. The summed E-state index contributed by atoms with van der Waals surface area (Å²) in [4.78, 5) is 27.6. The van der Waals surface area contributed by atoms with Crippen molar-refractivity contribution in [3.8, 4) is 5.75 Å². The van der Waals surface area contributed by atoms with E-state index in [2.05, 4.69) is 0 Å². The zero-order valence-electron chi connectivity index (χ0n) is 17.1. The molecule has 2 heterocycles. The number of likely N-dealkylation sites (tertiary alicyclic amines) is 1. The molecule has 2 aromatic rings. The molecule has 1 amide bonds. The Morgan fingerprint density at radius 1 is 0.964 bits per heavy atom. The molecule has 2 aliphatic heterocycles. The Hall–Kier alpha value is -2.62. The van der Waals surface area contributed by atoms with Gasteiger partial charge in [-0.05, 0) is 68.1 Å². The number of hydrogen-bond acceptors (Lipinski definition) is 3. The van der Waals surface area contributed by atoms with Crippen molar-refractivity contribution >= 4 is 11.7 Å². The Labute approximate surface area is 166 Å². The number of piperidine rings is 1. The van der Waals surface area contributed by atoms with Gasteiger partial charge >= 0.3 is 0 Å². The highest BCUT2D eigenvalue weighted by atomic mass is 16.5. The second kappa shape index (κ2) is 6.77. The first-order valence-electron chi connectivity index (χ1n) is 9.99. The number of fused-ring (bicyclic) bond motifs is 1. The molecule has 0 aliphatic carbocycles. The summed E-state index contributed by atoms with van der Waals surface area (Å²) in [5, 5.41) is 0. The third-order valence-corrected chi connectivity index (χ3v) is 6.49. The van der Waals surface area contributed by atoms with Crippen molar-refractivity contribution in [3.63, 3.8) is 0 Å². The van der Waals surface area contributed by atoms with E-state index < -0.39 is 5.60 Å². The van der Waals surface area contributed by atoms with Gasteiger partial charge in [-0.2, -0.15) is 0 Å². The van der Waals surface area contributed by atoms with Gasteiger partial charge in [0.1, 0.15) is 11.4 Å². The number of amides is 1. The molecule has 4 rings (SSSR count). The zero-order valence-corrected chi connectivity index (χ0v) is 17.1. The van der Waals surface area contributed by atoms with Crippen LogP contribution in [0.4, 0.5) is 0 Å². The molecule has 2 aliphatic rings. The molecule has 4 nitrogen and oxygen atoms in total. The lowest BCUT2D eigenvalue weighted by atomic mass is 9.81. The molecule has 28 heavy (non-hydrogen) atoms. The van der Waals surface area contributed by atoms with Crippen molar-refractivity contribution in [3.05, 3.63) is 63.7 Å². The number of Topliss-reactive ketones (excluding diaryl/α,β-unsaturated/α-hetero) is 1. The number of hydrogen-bond donors (Lipinski definition) is 0. The maximum Gasteiger partial charge on any atom is 0.253 e. The van der Waals surface area contributed by atoms with Crippen LogP contribution in [-0.4, -0.2) is 35.3 Å². The quantitative estimate of drug-likeness (QED) is 0.732. The third-order valence-electron chi connectivity index (χ3n) is 6.49. The second-order valence-electron chi connectivity index (χ2n) is 8.36. The highest BCUT2D eigenvalue weighted by Gasteiger charge is 2.44. The fraction of sp³-hybridized carbons (Fsp3) is 0.417. The van der Waals surface area contributed by atoms with Crippen LogP contribution in [0.1, 0.15) is 62.2 Å². The first kappa shape index (κ1) is 18.7. The van der Waals surface area contributed by atoms with Gasteiger partial charge < -0.3 is 9.64 Å². The Kier molecular flexibility index (Phi) is 4.53. The molecule has 0 aromatic heterocycles. The van der Waals surface area contributed by atoms with Crippen molar-refractivity contribution < 1.29 is 14.3 Å². The molecule has 0 saturated carbocycles. The lowest BCUT2D eigenvalue weighted by Gasteiger charge is -2.44. The molecule has 0 N–H and O–H groups in total. The number of carbonyl (C=O) groups is 2. The van der Waals surface area contributed by atoms with Crippen molar-refractivity contribution in [2.75, 3.05) is 13.1 Å². The van der Waals surface area contributed by atoms with Crippen LogP contribution >= 0.6 is 0 Å². The molecule has 4 heteroatoms. The van der Waals surface area contributed by atoms with Crippen molar-refractivity contribution in [1.29, 1.82) is 0 Å². The molecule has 0 atom stereocenters. The van der Waals surface area contributed by atoms with Crippen molar-refractivity contribution in [2.24, 2.45) is 0 Å². The Bertz CT molecular complexity index is 968. The number of carbonyl (C=O) groups excluding carboxylic acids is 2. The summed E-state index contributed by atoms with van der Waals surface area (Å²) in [5.74, 6) is 0.955. The van der Waals surface area contributed by atoms with E-state index in [-0.39, 0.29) is 11.7 Å². The summed E-state index contributed by atoms with van der Waals surface area (Å²) in [6.07, 6.45) is 1.76. The van der Waals surface area contributed by atoms with Gasteiger partial charge in [0, 0.05) is 31.5 Å². The van der Waals surface area contributed by atoms with Gasteiger partial charge in [-0.3, -0.25) is 9.59 Å². The van der Waals surface area contributed by atoms with Crippen LogP contribution in [0.15, 0.2) is 30.3 Å². The van der Waals surface area contributed by atoms with Crippen LogP contribution in [0.3, 0.4) is 0 Å². The van der Waals surface area contributed by atoms with Gasteiger partial charge in [0.15, 0.2) is 5.78 Å². The van der Waals surface area contributed by atoms with Crippen LogP contribution in [0.2, 0.25) is 0 Å². The summed E-state index contributed by atoms with van der Waals surface area (Å²) in [7, 11) is 0. The summed E-state index contributed by atoms with van der Waals surface area (Å²) in [5.41, 5.74) is 5.43. The highest BCUT2D eigenvalue weighted by Crippen LogP contribution is 2.41. The van der Waals surface area contributed by atoms with E-state index in [1.165, 1.54) is 5.56 Å². The van der Waals surface area contributed by atoms with Crippen molar-refractivity contribution in [2.45, 2.75) is 52.6 Å². The number of aryl methyl sites for hydroxylation is 3.